The van der Waals surface area contributed by atoms with Gasteiger partial charge in [-0.3, -0.25) is 9.59 Å². The van der Waals surface area contributed by atoms with E-state index in [1.807, 2.05) is 0 Å². The number of hydrogen-bond acceptors (Lipinski definition) is 4. The van der Waals surface area contributed by atoms with Crippen LogP contribution in [0.25, 0.3) is 0 Å². The van der Waals surface area contributed by atoms with Crippen molar-refractivity contribution in [1.82, 2.24) is 0 Å². The lowest BCUT2D eigenvalue weighted by Gasteiger charge is -2.07. The van der Waals surface area contributed by atoms with Crippen LogP contribution in [0.2, 0.25) is 0 Å². The summed E-state index contributed by atoms with van der Waals surface area (Å²) < 4.78 is 30.8. The zero-order valence-corrected chi connectivity index (χ0v) is 12.6. The smallest absolute Gasteiger partial charge is 0.338 e. The highest BCUT2D eigenvalue weighted by molar-refractivity contribution is 5.99. The van der Waals surface area contributed by atoms with E-state index in [-0.39, 0.29) is 17.0 Å². The van der Waals surface area contributed by atoms with Crippen LogP contribution in [-0.2, 0) is 9.53 Å². The van der Waals surface area contributed by atoms with E-state index in [1.54, 1.807) is 12.1 Å². The minimum absolute atomic E-state index is 0.103. The summed E-state index contributed by atoms with van der Waals surface area (Å²) in [6, 6.07) is 8.64. The largest absolute Gasteiger partial charge is 0.454 e. The molecule has 0 radical (unpaired) electrons. The Hall–Kier alpha value is -3.09. The van der Waals surface area contributed by atoms with Crippen molar-refractivity contribution in [3.05, 3.63) is 65.2 Å². The number of anilines is 1. The third-order valence-corrected chi connectivity index (χ3v) is 2.99. The number of ether oxygens (including phenoxy) is 1. The zero-order valence-electron chi connectivity index (χ0n) is 12.6. The molecule has 7 heteroatoms. The highest BCUT2D eigenvalue weighted by Gasteiger charge is 2.14. The maximum absolute atomic E-state index is 13.1. The van der Waals surface area contributed by atoms with Gasteiger partial charge >= 0.3 is 5.97 Å². The van der Waals surface area contributed by atoms with Crippen LogP contribution in [0.1, 0.15) is 27.6 Å². The van der Waals surface area contributed by atoms with Crippen molar-refractivity contribution in [2.75, 3.05) is 11.9 Å². The summed E-state index contributed by atoms with van der Waals surface area (Å²) in [6.45, 7) is 0.708. The standard InChI is InChI=1S/C17H13F2NO4/c1-10(21)20-13-4-2-3-12(7-13)17(23)24-9-16(22)11-5-6-14(18)15(19)8-11/h2-8H,9H2,1H3,(H,20,21). The Morgan fingerprint density at radius 3 is 2.42 bits per heavy atom. The molecule has 0 aromatic heterocycles. The maximum Gasteiger partial charge on any atom is 0.338 e. The predicted octanol–water partition coefficient (Wildman–Crippen LogP) is 2.96. The normalized spacial score (nSPS) is 10.1. The van der Waals surface area contributed by atoms with Gasteiger partial charge < -0.3 is 10.1 Å². The van der Waals surface area contributed by atoms with Gasteiger partial charge in [0.25, 0.3) is 0 Å². The lowest BCUT2D eigenvalue weighted by Crippen LogP contribution is -2.15. The van der Waals surface area contributed by atoms with Gasteiger partial charge in [0.1, 0.15) is 0 Å². The number of Topliss-reactive ketones (excluding diaryl/α,β-unsaturated/α-hetero) is 1. The van der Waals surface area contributed by atoms with E-state index in [4.69, 9.17) is 4.74 Å². The van der Waals surface area contributed by atoms with Crippen molar-refractivity contribution in [1.29, 1.82) is 0 Å². The summed E-state index contributed by atoms with van der Waals surface area (Å²) in [7, 11) is 0. The summed E-state index contributed by atoms with van der Waals surface area (Å²) in [5.74, 6) is -3.97. The van der Waals surface area contributed by atoms with Crippen molar-refractivity contribution >= 4 is 23.3 Å². The molecular formula is C17H13F2NO4. The monoisotopic (exact) mass is 333 g/mol. The van der Waals surface area contributed by atoms with Crippen LogP contribution < -0.4 is 5.32 Å². The number of ketones is 1. The van der Waals surface area contributed by atoms with Crippen LogP contribution in [0.3, 0.4) is 0 Å². The Bertz CT molecular complexity index is 805. The third kappa shape index (κ3) is 4.45. The molecule has 0 unspecified atom stereocenters. The average molecular weight is 333 g/mol. The molecule has 5 nitrogen and oxygen atoms in total. The number of carbonyl (C=O) groups excluding carboxylic acids is 3. The molecule has 0 atom stereocenters. The number of benzene rings is 2. The van der Waals surface area contributed by atoms with E-state index in [2.05, 4.69) is 5.32 Å². The number of rotatable bonds is 5. The molecule has 0 heterocycles. The van der Waals surface area contributed by atoms with Crippen LogP contribution in [0.5, 0.6) is 0 Å². The first kappa shape index (κ1) is 17.3. The van der Waals surface area contributed by atoms with Crippen molar-refractivity contribution < 1.29 is 27.9 Å². The average Bonchev–Trinajstić information content (AvgIpc) is 2.54. The van der Waals surface area contributed by atoms with Crippen molar-refractivity contribution in [3.8, 4) is 0 Å². The molecule has 1 amide bonds. The highest BCUT2D eigenvalue weighted by Crippen LogP contribution is 2.13. The van der Waals surface area contributed by atoms with Crippen LogP contribution in [0, 0.1) is 11.6 Å². The second-order valence-electron chi connectivity index (χ2n) is 4.89. The molecule has 2 aromatic rings. The molecule has 124 valence electrons. The van der Waals surface area contributed by atoms with Gasteiger partial charge in [0.2, 0.25) is 5.91 Å². The van der Waals surface area contributed by atoms with Crippen LogP contribution in [-0.4, -0.2) is 24.3 Å². The fourth-order valence-electron chi connectivity index (χ4n) is 1.89. The predicted molar refractivity (Wildman–Crippen MR) is 81.7 cm³/mol. The number of halogens is 2. The zero-order chi connectivity index (χ0) is 17.7. The fourth-order valence-corrected chi connectivity index (χ4v) is 1.89. The first-order valence-electron chi connectivity index (χ1n) is 6.90. The SMILES string of the molecule is CC(=O)Nc1cccc(C(=O)OCC(=O)c2ccc(F)c(F)c2)c1. The molecule has 0 aliphatic carbocycles. The Kier molecular flexibility index (Phi) is 5.36. The first-order valence-corrected chi connectivity index (χ1v) is 6.90. The highest BCUT2D eigenvalue weighted by atomic mass is 19.2. The lowest BCUT2D eigenvalue weighted by molar-refractivity contribution is -0.114. The minimum atomic E-state index is -1.16. The first-order chi connectivity index (χ1) is 11.4. The molecule has 0 saturated carbocycles. The Balaban J connectivity index is 2.01. The summed E-state index contributed by atoms with van der Waals surface area (Å²) >= 11 is 0. The van der Waals surface area contributed by atoms with Crippen molar-refractivity contribution in [2.45, 2.75) is 6.92 Å². The molecule has 0 aliphatic rings. The van der Waals surface area contributed by atoms with E-state index >= 15 is 0 Å². The number of esters is 1. The van der Waals surface area contributed by atoms with Crippen LogP contribution in [0.4, 0.5) is 14.5 Å². The summed E-state index contributed by atoms with van der Waals surface area (Å²) in [5, 5.41) is 2.51. The van der Waals surface area contributed by atoms with Gasteiger partial charge in [-0.2, -0.15) is 0 Å². The summed E-state index contributed by atoms with van der Waals surface area (Å²) in [5.41, 5.74) is 0.442. The molecule has 0 bridgehead atoms. The van der Waals surface area contributed by atoms with Gasteiger partial charge in [0.15, 0.2) is 24.0 Å². The fraction of sp³-hybridized carbons (Fsp3) is 0.118. The van der Waals surface area contributed by atoms with Crippen LogP contribution in [0.15, 0.2) is 42.5 Å². The van der Waals surface area contributed by atoms with Gasteiger partial charge in [-0.15, -0.1) is 0 Å². The molecule has 0 fully saturated rings. The summed E-state index contributed by atoms with van der Waals surface area (Å²) in [6.07, 6.45) is 0. The number of amides is 1. The number of nitrogens with one attached hydrogen (secondary N) is 1. The number of hydrogen-bond donors (Lipinski definition) is 1. The third-order valence-electron chi connectivity index (χ3n) is 2.99. The Morgan fingerprint density at radius 1 is 1.00 bits per heavy atom. The molecule has 0 aliphatic heterocycles. The Morgan fingerprint density at radius 2 is 1.75 bits per heavy atom. The van der Waals surface area contributed by atoms with Gasteiger partial charge in [0.05, 0.1) is 5.56 Å². The maximum atomic E-state index is 13.1. The second kappa shape index (κ2) is 7.45. The van der Waals surface area contributed by atoms with Gasteiger partial charge in [0, 0.05) is 18.2 Å². The van der Waals surface area contributed by atoms with Gasteiger partial charge in [-0.05, 0) is 36.4 Å². The molecular weight excluding hydrogens is 320 g/mol. The van der Waals surface area contributed by atoms with Gasteiger partial charge in [-0.25, -0.2) is 13.6 Å². The summed E-state index contributed by atoms with van der Waals surface area (Å²) in [4.78, 5) is 34.7. The second-order valence-corrected chi connectivity index (χ2v) is 4.89. The van der Waals surface area contributed by atoms with E-state index in [0.29, 0.717) is 5.69 Å². The van der Waals surface area contributed by atoms with E-state index < -0.39 is 30.0 Å². The van der Waals surface area contributed by atoms with Crippen molar-refractivity contribution in [3.63, 3.8) is 0 Å². The Labute approximate surface area is 136 Å². The van der Waals surface area contributed by atoms with Crippen molar-refractivity contribution in [2.24, 2.45) is 0 Å². The number of carbonyl (C=O) groups is 3. The molecule has 0 spiro atoms. The van der Waals surface area contributed by atoms with E-state index in [1.165, 1.54) is 19.1 Å². The quantitative estimate of drug-likeness (QED) is 0.674. The van der Waals surface area contributed by atoms with Crippen LogP contribution >= 0.6 is 0 Å². The molecule has 1 N–H and O–H groups in total. The topological polar surface area (TPSA) is 72.5 Å². The molecule has 2 aromatic carbocycles. The molecule has 0 saturated heterocycles. The lowest BCUT2D eigenvalue weighted by atomic mass is 10.1. The minimum Gasteiger partial charge on any atom is -0.454 e. The van der Waals surface area contributed by atoms with E-state index in [0.717, 1.165) is 18.2 Å². The molecule has 2 rings (SSSR count). The molecule has 24 heavy (non-hydrogen) atoms. The van der Waals surface area contributed by atoms with E-state index in [9.17, 15) is 23.2 Å². The van der Waals surface area contributed by atoms with Gasteiger partial charge in [-0.1, -0.05) is 6.07 Å².